The van der Waals surface area contributed by atoms with E-state index in [1.165, 1.54) is 47.9 Å². The van der Waals surface area contributed by atoms with E-state index in [9.17, 15) is 1.37 Å². The largest absolute Gasteiger partial charge is 0.309 e. The molecule has 0 fully saturated rings. The van der Waals surface area contributed by atoms with Crippen molar-refractivity contribution in [3.8, 4) is 11.4 Å². The van der Waals surface area contributed by atoms with Crippen LogP contribution in [0.1, 0.15) is 1.37 Å². The SMILES string of the molecule is [2H]c1ccc([Si](c2ccccc2)(c2ccccc2)c2ccccc2)cc1-n1c2ccccc2c2cc(-n3c4ccccc4c4ccccc43)ccc21. The highest BCUT2D eigenvalue weighted by Gasteiger charge is 2.41. The number of hydrogen-bond donors (Lipinski definition) is 0. The molecule has 0 saturated carbocycles. The van der Waals surface area contributed by atoms with Gasteiger partial charge in [0.25, 0.3) is 0 Å². The number of aromatic nitrogens is 2. The van der Waals surface area contributed by atoms with Gasteiger partial charge < -0.3 is 9.13 Å². The molecule has 0 unspecified atom stereocenters. The van der Waals surface area contributed by atoms with Crippen molar-refractivity contribution in [3.05, 3.63) is 206 Å². The molecular weight excluding hydrogens is 633 g/mol. The molecule has 0 N–H and O–H groups in total. The van der Waals surface area contributed by atoms with E-state index in [0.717, 1.165) is 27.8 Å². The monoisotopic (exact) mass is 667 g/mol. The summed E-state index contributed by atoms with van der Waals surface area (Å²) in [6.45, 7) is 0. The third kappa shape index (κ3) is 4.49. The van der Waals surface area contributed by atoms with Gasteiger partial charge in [-0.25, -0.2) is 0 Å². The van der Waals surface area contributed by atoms with Gasteiger partial charge in [-0.1, -0.05) is 158 Å². The Balaban J connectivity index is 1.25. The van der Waals surface area contributed by atoms with E-state index < -0.39 is 8.07 Å². The molecule has 0 atom stereocenters. The Kier molecular flexibility index (Phi) is 6.61. The molecular formula is C48H34N2Si. The summed E-state index contributed by atoms with van der Waals surface area (Å²) in [5, 5.41) is 10.0. The maximum absolute atomic E-state index is 9.44. The summed E-state index contributed by atoms with van der Waals surface area (Å²) in [7, 11) is -2.80. The van der Waals surface area contributed by atoms with E-state index in [-0.39, 0.29) is 0 Å². The van der Waals surface area contributed by atoms with Crippen molar-refractivity contribution in [2.24, 2.45) is 0 Å². The van der Waals surface area contributed by atoms with Crippen molar-refractivity contribution in [1.29, 1.82) is 0 Å². The summed E-state index contributed by atoms with van der Waals surface area (Å²) in [6, 6.07) is 72.8. The van der Waals surface area contributed by atoms with Crippen LogP contribution in [-0.2, 0) is 0 Å². The van der Waals surface area contributed by atoms with Crippen LogP contribution >= 0.6 is 0 Å². The Morgan fingerprint density at radius 3 is 1.22 bits per heavy atom. The standard InChI is InChI=1S/C48H34N2Si/c1-4-18-37(19-5-1)51(38-20-6-2-7-21-38,39-22-8-3-9-23-39)40-24-16-17-35(33-40)49-47-30-15-12-27-43(47)44-34-36(31-32-48(44)49)50-45-28-13-10-25-41(45)42-26-11-14-29-46(42)50/h1-34H/i17D. The van der Waals surface area contributed by atoms with Crippen molar-refractivity contribution in [3.63, 3.8) is 0 Å². The van der Waals surface area contributed by atoms with E-state index >= 15 is 0 Å². The van der Waals surface area contributed by atoms with Gasteiger partial charge in [-0.05, 0) is 69.3 Å². The quantitative estimate of drug-likeness (QED) is 0.124. The van der Waals surface area contributed by atoms with Crippen LogP contribution in [0.25, 0.3) is 55.0 Å². The topological polar surface area (TPSA) is 9.86 Å². The van der Waals surface area contributed by atoms with Crippen molar-refractivity contribution in [1.82, 2.24) is 9.13 Å². The molecule has 0 aliphatic heterocycles. The zero-order valence-corrected chi connectivity index (χ0v) is 28.9. The summed E-state index contributed by atoms with van der Waals surface area (Å²) < 4.78 is 14.1. The summed E-state index contributed by atoms with van der Waals surface area (Å²) in [5.74, 6) is 0. The fourth-order valence-corrected chi connectivity index (χ4v) is 13.2. The van der Waals surface area contributed by atoms with Crippen LogP contribution in [0.15, 0.2) is 206 Å². The number of hydrogen-bond acceptors (Lipinski definition) is 0. The van der Waals surface area contributed by atoms with Crippen LogP contribution in [0.5, 0.6) is 0 Å². The highest BCUT2D eigenvalue weighted by molar-refractivity contribution is 7.19. The van der Waals surface area contributed by atoms with Crippen LogP contribution in [0.3, 0.4) is 0 Å². The highest BCUT2D eigenvalue weighted by atomic mass is 28.3. The predicted molar refractivity (Wildman–Crippen MR) is 219 cm³/mol. The lowest BCUT2D eigenvalue weighted by Gasteiger charge is -2.34. The molecule has 0 amide bonds. The lowest BCUT2D eigenvalue weighted by Crippen LogP contribution is -2.74. The lowest BCUT2D eigenvalue weighted by molar-refractivity contribution is 1.17. The Morgan fingerprint density at radius 1 is 0.314 bits per heavy atom. The lowest BCUT2D eigenvalue weighted by atomic mass is 10.1. The van der Waals surface area contributed by atoms with Gasteiger partial charge in [-0.3, -0.25) is 0 Å². The van der Waals surface area contributed by atoms with E-state index in [4.69, 9.17) is 0 Å². The second kappa shape index (κ2) is 11.9. The Morgan fingerprint density at radius 2 is 0.706 bits per heavy atom. The van der Waals surface area contributed by atoms with Crippen LogP contribution in [0.2, 0.25) is 0 Å². The van der Waals surface area contributed by atoms with Crippen LogP contribution < -0.4 is 20.7 Å². The molecule has 8 aromatic carbocycles. The van der Waals surface area contributed by atoms with E-state index in [1.54, 1.807) is 0 Å². The minimum Gasteiger partial charge on any atom is -0.309 e. The molecule has 0 radical (unpaired) electrons. The number of benzene rings is 8. The first-order valence-electron chi connectivity index (χ1n) is 18.0. The average molecular weight is 668 g/mol. The van der Waals surface area contributed by atoms with Crippen LogP contribution in [0.4, 0.5) is 0 Å². The molecule has 0 bridgehead atoms. The fraction of sp³-hybridized carbons (Fsp3) is 0. The van der Waals surface area contributed by atoms with Gasteiger partial charge in [-0.15, -0.1) is 0 Å². The number of nitrogens with zero attached hydrogens (tertiary/aromatic N) is 2. The zero-order chi connectivity index (χ0) is 34.6. The van der Waals surface area contributed by atoms with Crippen LogP contribution in [-0.4, -0.2) is 17.2 Å². The zero-order valence-electron chi connectivity index (χ0n) is 28.9. The fourth-order valence-electron chi connectivity index (χ4n) is 8.44. The smallest absolute Gasteiger partial charge is 0.179 e. The van der Waals surface area contributed by atoms with Gasteiger partial charge in [0.1, 0.15) is 0 Å². The second-order valence-electron chi connectivity index (χ2n) is 13.2. The molecule has 0 saturated heterocycles. The van der Waals surface area contributed by atoms with E-state index in [2.05, 4.69) is 203 Å². The summed E-state index contributed by atoms with van der Waals surface area (Å²) in [6.07, 6.45) is 0. The molecule has 3 heteroatoms. The Hall–Kier alpha value is -6.42. The van der Waals surface area contributed by atoms with Gasteiger partial charge in [0.15, 0.2) is 8.07 Å². The van der Waals surface area contributed by atoms with Crippen molar-refractivity contribution < 1.29 is 1.37 Å². The highest BCUT2D eigenvalue weighted by Crippen LogP contribution is 2.36. The minimum absolute atomic E-state index is 0.495. The first kappa shape index (κ1) is 28.4. The molecule has 10 rings (SSSR count). The van der Waals surface area contributed by atoms with Gasteiger partial charge >= 0.3 is 0 Å². The van der Waals surface area contributed by atoms with Gasteiger partial charge in [0.2, 0.25) is 0 Å². The van der Waals surface area contributed by atoms with E-state index in [1.807, 2.05) is 6.07 Å². The molecule has 2 heterocycles. The first-order chi connectivity index (χ1) is 25.7. The van der Waals surface area contributed by atoms with Gasteiger partial charge in [-0.2, -0.15) is 0 Å². The van der Waals surface area contributed by atoms with Crippen molar-refractivity contribution in [2.45, 2.75) is 0 Å². The molecule has 0 aliphatic rings. The second-order valence-corrected chi connectivity index (χ2v) is 17.0. The molecule has 10 aromatic rings. The molecule has 2 aromatic heterocycles. The average Bonchev–Trinajstić information content (AvgIpc) is 3.73. The van der Waals surface area contributed by atoms with Crippen molar-refractivity contribution >= 4 is 72.4 Å². The van der Waals surface area contributed by atoms with Gasteiger partial charge in [0.05, 0.1) is 23.4 Å². The number of fused-ring (bicyclic) bond motifs is 6. The Bertz CT molecular complexity index is 2760. The first-order valence-corrected chi connectivity index (χ1v) is 19.5. The molecule has 0 spiro atoms. The molecule has 0 aliphatic carbocycles. The maximum atomic E-state index is 9.44. The summed E-state index contributed by atoms with van der Waals surface area (Å²) in [4.78, 5) is 0. The van der Waals surface area contributed by atoms with Crippen LogP contribution in [0, 0.1) is 0 Å². The number of rotatable bonds is 6. The normalized spacial score (nSPS) is 12.2. The third-order valence-corrected chi connectivity index (χ3v) is 15.4. The maximum Gasteiger partial charge on any atom is 0.179 e. The Labute approximate surface area is 299 Å². The predicted octanol–water partition coefficient (Wildman–Crippen LogP) is 9.26. The summed E-state index contributed by atoms with van der Waals surface area (Å²) in [5.41, 5.74) is 6.56. The molecule has 240 valence electrons. The van der Waals surface area contributed by atoms with Crippen molar-refractivity contribution in [2.75, 3.05) is 0 Å². The number of para-hydroxylation sites is 3. The third-order valence-electron chi connectivity index (χ3n) is 10.6. The minimum atomic E-state index is -2.80. The molecule has 51 heavy (non-hydrogen) atoms. The summed E-state index contributed by atoms with van der Waals surface area (Å²) >= 11 is 0. The van der Waals surface area contributed by atoms with Gasteiger partial charge in [0, 0.05) is 32.9 Å². The molecule has 2 nitrogen and oxygen atoms in total. The van der Waals surface area contributed by atoms with E-state index in [0.29, 0.717) is 6.04 Å².